The Morgan fingerprint density at radius 1 is 0.297 bits per heavy atom. The molecule has 6 heteroatoms. The van der Waals surface area contributed by atoms with Crippen LogP contribution in [0.3, 0.4) is 0 Å². The van der Waals surface area contributed by atoms with Gasteiger partial charge in [0.25, 0.3) is 0 Å². The topological polar surface area (TPSA) is 68.6 Å². The molecule has 5 nitrogen and oxygen atoms in total. The lowest BCUT2D eigenvalue weighted by molar-refractivity contribution is 0.593. The van der Waals surface area contributed by atoms with Crippen molar-refractivity contribution in [2.75, 3.05) is 0 Å². The average molecular weight is 835 g/mol. The van der Waals surface area contributed by atoms with E-state index in [0.717, 1.165) is 114 Å². The molecule has 0 saturated carbocycles. The second-order valence-electron chi connectivity index (χ2n) is 16.4. The summed E-state index contributed by atoms with van der Waals surface area (Å²) in [6.07, 6.45) is 0. The van der Waals surface area contributed by atoms with Crippen molar-refractivity contribution in [3.63, 3.8) is 0 Å². The Bertz CT molecular complexity index is 3680. The average Bonchev–Trinajstić information content (AvgIpc) is 3.37. The Balaban J connectivity index is 1.18. The van der Waals surface area contributed by atoms with Gasteiger partial charge in [0.1, 0.15) is 0 Å². The first kappa shape index (κ1) is 36.5. The SMILES string of the molecule is O=P(c1ccccc1)(c1cc(-c2ccccc2)c2ccc3nc(-c4ccccc4)nc4ccc1c2c34)c1cc(-c2ccccc2)c2ccc3nc(-c4ccccc4)nc4ccc1c2c34. The summed E-state index contributed by atoms with van der Waals surface area (Å²) in [5.74, 6) is 1.35. The number of hydrogen-bond donors (Lipinski definition) is 0. The third-order valence-corrected chi connectivity index (χ3v) is 16.0. The highest BCUT2D eigenvalue weighted by Crippen LogP contribution is 2.52. The van der Waals surface area contributed by atoms with Gasteiger partial charge in [0.15, 0.2) is 18.8 Å². The molecule has 0 bridgehead atoms. The normalized spacial score (nSPS) is 12.1. The lowest BCUT2D eigenvalue weighted by atomic mass is 9.92. The quantitative estimate of drug-likeness (QED) is 0.118. The van der Waals surface area contributed by atoms with Crippen molar-refractivity contribution in [2.24, 2.45) is 0 Å². The molecule has 0 fully saturated rings. The molecule has 0 radical (unpaired) electrons. The summed E-state index contributed by atoms with van der Waals surface area (Å²) >= 11 is 0. The minimum atomic E-state index is -3.78. The van der Waals surface area contributed by atoms with Crippen LogP contribution in [0.1, 0.15) is 0 Å². The fourth-order valence-electron chi connectivity index (χ4n) is 9.97. The lowest BCUT2D eigenvalue weighted by Crippen LogP contribution is -2.27. The van der Waals surface area contributed by atoms with E-state index in [4.69, 9.17) is 19.9 Å². The van der Waals surface area contributed by atoms with Crippen molar-refractivity contribution in [1.29, 1.82) is 0 Å². The van der Waals surface area contributed by atoms with Gasteiger partial charge in [-0.05, 0) is 80.2 Å². The molecule has 2 heterocycles. The van der Waals surface area contributed by atoms with Crippen molar-refractivity contribution in [1.82, 2.24) is 19.9 Å². The highest BCUT2D eigenvalue weighted by atomic mass is 31.2. The summed E-state index contributed by atoms with van der Waals surface area (Å²) in [6, 6.07) is 72.6. The maximum absolute atomic E-state index is 17.7. The van der Waals surface area contributed by atoms with Gasteiger partial charge >= 0.3 is 0 Å². The first-order valence-electron chi connectivity index (χ1n) is 21.5. The Morgan fingerprint density at radius 2 is 0.609 bits per heavy atom. The Morgan fingerprint density at radius 3 is 0.969 bits per heavy atom. The molecule has 0 amide bonds. The van der Waals surface area contributed by atoms with Crippen molar-refractivity contribution in [3.8, 4) is 45.0 Å². The van der Waals surface area contributed by atoms with Crippen molar-refractivity contribution in [2.45, 2.75) is 0 Å². The van der Waals surface area contributed by atoms with E-state index < -0.39 is 7.14 Å². The van der Waals surface area contributed by atoms with E-state index in [1.54, 1.807) is 0 Å². The van der Waals surface area contributed by atoms with E-state index >= 15 is 4.57 Å². The van der Waals surface area contributed by atoms with Crippen molar-refractivity contribution in [3.05, 3.63) is 212 Å². The van der Waals surface area contributed by atoms with Crippen LogP contribution < -0.4 is 15.9 Å². The van der Waals surface area contributed by atoms with Crippen LogP contribution in [-0.2, 0) is 4.57 Å². The van der Waals surface area contributed by atoms with E-state index in [1.165, 1.54) is 0 Å². The Labute approximate surface area is 368 Å². The van der Waals surface area contributed by atoms with E-state index in [0.29, 0.717) is 11.6 Å². The summed E-state index contributed by atoms with van der Waals surface area (Å²) in [5, 5.41) is 10.2. The molecular formula is C58H35N4OP. The van der Waals surface area contributed by atoms with E-state index in [2.05, 4.69) is 109 Å². The fourth-order valence-corrected chi connectivity index (χ4v) is 13.1. The molecule has 64 heavy (non-hydrogen) atoms. The molecule has 298 valence electrons. The van der Waals surface area contributed by atoms with E-state index in [1.807, 2.05) is 103 Å². The van der Waals surface area contributed by atoms with Crippen LogP contribution in [0.25, 0.3) is 110 Å². The summed E-state index contributed by atoms with van der Waals surface area (Å²) in [5.41, 5.74) is 9.38. The van der Waals surface area contributed by atoms with Crippen LogP contribution in [-0.4, -0.2) is 19.9 Å². The summed E-state index contributed by atoms with van der Waals surface area (Å²) in [4.78, 5) is 20.7. The summed E-state index contributed by atoms with van der Waals surface area (Å²) in [6.45, 7) is 0. The van der Waals surface area contributed by atoms with Gasteiger partial charge in [0.05, 0.1) is 22.1 Å². The van der Waals surface area contributed by atoms with Crippen molar-refractivity contribution >= 4 is 88.2 Å². The number of hydrogen-bond acceptors (Lipinski definition) is 5. The van der Waals surface area contributed by atoms with Gasteiger partial charge in [-0.3, -0.25) is 0 Å². The first-order chi connectivity index (χ1) is 31.6. The van der Waals surface area contributed by atoms with Crippen LogP contribution in [0.15, 0.2) is 212 Å². The number of rotatable bonds is 7. The van der Waals surface area contributed by atoms with Gasteiger partial charge in [-0.15, -0.1) is 0 Å². The molecule has 0 N–H and O–H groups in total. The van der Waals surface area contributed by atoms with Crippen LogP contribution in [0.5, 0.6) is 0 Å². The molecule has 0 aliphatic rings. The molecular weight excluding hydrogens is 800 g/mol. The monoisotopic (exact) mass is 834 g/mol. The van der Waals surface area contributed by atoms with Crippen LogP contribution in [0.2, 0.25) is 0 Å². The third-order valence-electron chi connectivity index (χ3n) is 12.9. The third kappa shape index (κ3) is 5.48. The van der Waals surface area contributed by atoms with Gasteiger partial charge in [-0.1, -0.05) is 176 Å². The van der Waals surface area contributed by atoms with Gasteiger partial charge in [0.2, 0.25) is 0 Å². The molecule has 0 spiro atoms. The molecule has 0 atom stereocenters. The van der Waals surface area contributed by atoms with E-state index in [-0.39, 0.29) is 0 Å². The lowest BCUT2D eigenvalue weighted by Gasteiger charge is -2.27. The predicted molar refractivity (Wildman–Crippen MR) is 266 cm³/mol. The standard InChI is InChI=1S/C58H35N4OP/c63-64(40-24-14-5-15-25-40,51-34-45(36-16-6-1-7-17-36)41-26-30-47-55-49(32-28-43(51)53(41)55)61-57(59-47)38-20-10-3-11-21-38)52-35-46(37-18-8-2-9-19-37)42-27-31-48-56-50(33-29-44(52)54(42)56)62-58(60-48)39-22-12-4-13-23-39/h1-35H. The number of aromatic nitrogens is 4. The minimum absolute atomic E-state index is 0.673. The largest absolute Gasteiger partial charge is 0.309 e. The second kappa shape index (κ2) is 14.2. The van der Waals surface area contributed by atoms with Crippen LogP contribution >= 0.6 is 7.14 Å². The van der Waals surface area contributed by atoms with Gasteiger partial charge in [-0.25, -0.2) is 19.9 Å². The zero-order valence-electron chi connectivity index (χ0n) is 34.4. The van der Waals surface area contributed by atoms with Gasteiger partial charge < -0.3 is 4.57 Å². The van der Waals surface area contributed by atoms with Crippen LogP contribution in [0.4, 0.5) is 0 Å². The molecule has 13 rings (SSSR count). The summed E-state index contributed by atoms with van der Waals surface area (Å²) in [7, 11) is -3.78. The summed E-state index contributed by atoms with van der Waals surface area (Å²) < 4.78 is 17.7. The van der Waals surface area contributed by atoms with Crippen molar-refractivity contribution < 1.29 is 4.57 Å². The highest BCUT2D eigenvalue weighted by molar-refractivity contribution is 7.86. The zero-order chi connectivity index (χ0) is 42.4. The second-order valence-corrected chi connectivity index (χ2v) is 19.1. The molecule has 0 unspecified atom stereocenters. The predicted octanol–water partition coefficient (Wildman–Crippen LogP) is 13.4. The smallest absolute Gasteiger partial charge is 0.172 e. The van der Waals surface area contributed by atoms with Gasteiger partial charge in [-0.2, -0.15) is 0 Å². The number of benzene rings is 11. The van der Waals surface area contributed by atoms with Crippen LogP contribution in [0, 0.1) is 0 Å². The fraction of sp³-hybridized carbons (Fsp3) is 0. The molecule has 0 aliphatic heterocycles. The minimum Gasteiger partial charge on any atom is -0.309 e. The molecule has 11 aromatic carbocycles. The van der Waals surface area contributed by atoms with Gasteiger partial charge in [0, 0.05) is 48.6 Å². The number of nitrogens with zero attached hydrogens (tertiary/aromatic N) is 4. The van der Waals surface area contributed by atoms with E-state index in [9.17, 15) is 0 Å². The molecule has 0 saturated heterocycles. The Hall–Kier alpha value is -8.11. The molecule has 2 aromatic heterocycles. The maximum Gasteiger partial charge on any atom is 0.172 e. The maximum atomic E-state index is 17.7. The zero-order valence-corrected chi connectivity index (χ0v) is 35.2. The molecule has 13 aromatic rings. The highest BCUT2D eigenvalue weighted by Gasteiger charge is 2.36. The first-order valence-corrected chi connectivity index (χ1v) is 23.2. The molecule has 0 aliphatic carbocycles. The Kier molecular flexibility index (Phi) is 8.12.